The summed E-state index contributed by atoms with van der Waals surface area (Å²) in [6.45, 7) is 13.9. The molecule has 302 valence electrons. The second-order valence-corrected chi connectivity index (χ2v) is 15.3. The summed E-state index contributed by atoms with van der Waals surface area (Å²) in [6, 6.07) is 1.26. The number of carbonyl (C=O) groups is 3. The molecule has 2 N–H and O–H groups in total. The average Bonchev–Trinajstić information content (AvgIpc) is 3.63. The lowest BCUT2D eigenvalue weighted by Gasteiger charge is -2.60. The van der Waals surface area contributed by atoms with Crippen LogP contribution in [-0.2, 0) is 31.8 Å². The number of likely N-dealkylation sites (N-methyl/N-ethyl adjacent to an activating group) is 1. The minimum atomic E-state index is -0.966. The molecular formula is C40H51N5O11. The molecule has 0 spiro atoms. The van der Waals surface area contributed by atoms with Crippen molar-refractivity contribution in [3.8, 4) is 34.8 Å². The average molecular weight is 778 g/mol. The molecule has 6 rings (SSSR count). The van der Waals surface area contributed by atoms with Gasteiger partial charge in [-0.25, -0.2) is 9.59 Å². The Bertz CT molecular complexity index is 1940. The number of aryl methyl sites for hydroxylation is 1. The van der Waals surface area contributed by atoms with Gasteiger partial charge in [0.05, 0.1) is 25.3 Å². The topological polar surface area (TPSA) is 179 Å². The molecule has 4 heterocycles. The highest BCUT2D eigenvalue weighted by Gasteiger charge is 2.57. The zero-order valence-electron chi connectivity index (χ0n) is 33.4. The summed E-state index contributed by atoms with van der Waals surface area (Å²) < 4.78 is 46.3. The van der Waals surface area contributed by atoms with E-state index in [4.69, 9.17) is 37.9 Å². The Balaban J connectivity index is 1.52. The van der Waals surface area contributed by atoms with Crippen LogP contribution in [0.4, 0.5) is 9.59 Å². The number of piperazine rings is 1. The van der Waals surface area contributed by atoms with Gasteiger partial charge in [-0.2, -0.15) is 5.26 Å². The Morgan fingerprint density at radius 1 is 1.09 bits per heavy atom. The van der Waals surface area contributed by atoms with E-state index in [2.05, 4.69) is 39.1 Å². The number of hydrogen-bond donors (Lipinski definition) is 2. The minimum absolute atomic E-state index is 0.0136. The summed E-state index contributed by atoms with van der Waals surface area (Å²) in [4.78, 5) is 43.7. The van der Waals surface area contributed by atoms with Gasteiger partial charge >= 0.3 is 12.2 Å². The fraction of sp³-hybridized carbons (Fsp3) is 0.550. The maximum absolute atomic E-state index is 13.7. The van der Waals surface area contributed by atoms with Gasteiger partial charge in [-0.15, -0.1) is 0 Å². The molecule has 1 fully saturated rings. The summed E-state index contributed by atoms with van der Waals surface area (Å²) in [5, 5.41) is 16.7. The molecule has 2 aromatic rings. The zero-order valence-corrected chi connectivity index (χ0v) is 33.4. The van der Waals surface area contributed by atoms with Crippen LogP contribution in [0.5, 0.6) is 28.7 Å². The lowest BCUT2D eigenvalue weighted by Crippen LogP contribution is -2.69. The van der Waals surface area contributed by atoms with E-state index in [1.54, 1.807) is 48.8 Å². The van der Waals surface area contributed by atoms with E-state index in [1.165, 1.54) is 6.08 Å². The summed E-state index contributed by atoms with van der Waals surface area (Å²) in [5.41, 5.74) is 3.80. The van der Waals surface area contributed by atoms with E-state index in [-0.39, 0.29) is 51.0 Å². The summed E-state index contributed by atoms with van der Waals surface area (Å²) in [6.07, 6.45) is 0.582. The van der Waals surface area contributed by atoms with Crippen molar-refractivity contribution >= 4 is 18.2 Å². The van der Waals surface area contributed by atoms with Crippen molar-refractivity contribution in [3.05, 3.63) is 52.1 Å². The van der Waals surface area contributed by atoms with Crippen LogP contribution < -0.4 is 34.3 Å². The first kappa shape index (κ1) is 40.4. The summed E-state index contributed by atoms with van der Waals surface area (Å²) in [7, 11) is 5.14. The van der Waals surface area contributed by atoms with Crippen LogP contribution in [-0.4, -0.2) is 106 Å². The van der Waals surface area contributed by atoms with Crippen molar-refractivity contribution in [1.29, 1.82) is 5.26 Å². The first-order valence-corrected chi connectivity index (χ1v) is 18.5. The third kappa shape index (κ3) is 7.38. The van der Waals surface area contributed by atoms with Crippen LogP contribution in [0.1, 0.15) is 73.2 Å². The number of carbonyl (C=O) groups excluding carboxylic acids is 3. The number of methoxy groups -OCH3 is 2. The van der Waals surface area contributed by atoms with Crippen molar-refractivity contribution < 1.29 is 52.3 Å². The quantitative estimate of drug-likeness (QED) is 0.141. The number of nitrogens with zero attached hydrogens (tertiary/aromatic N) is 3. The summed E-state index contributed by atoms with van der Waals surface area (Å²) in [5.74, 6) is 1.69. The maximum atomic E-state index is 13.7. The molecule has 0 saturated carbocycles. The van der Waals surface area contributed by atoms with Gasteiger partial charge < -0.3 is 48.5 Å². The van der Waals surface area contributed by atoms with Gasteiger partial charge in [0.2, 0.25) is 12.7 Å². The Morgan fingerprint density at radius 3 is 2.48 bits per heavy atom. The molecule has 4 aliphatic heterocycles. The van der Waals surface area contributed by atoms with Crippen molar-refractivity contribution in [2.24, 2.45) is 0 Å². The molecule has 2 aromatic carbocycles. The summed E-state index contributed by atoms with van der Waals surface area (Å²) >= 11 is 0. The molecule has 4 aliphatic rings. The van der Waals surface area contributed by atoms with Gasteiger partial charge in [0, 0.05) is 48.0 Å². The normalized spacial score (nSPS) is 22.6. The standard InChI is InChI=1S/C40H51N5O11/c1-11-12-51-39(48)55-33-21(3)34-36(54-19-53-34)30-24(33)15-26-31-29-23(13-20(2)32(50-10)35(29)52-18-49-9)14-25(44(31)8)27(16-41)45(26)28(30)17-42-37(46)22(4)43-38(47)56-40(5,6)7/h11,13,22,25-28,31H,1,12,14-15,17-19H2,2-10H3,(H,42,46)(H,43,47)/t22-,25+,26?,27+,28+,31+/m1/s1. The molecule has 56 heavy (non-hydrogen) atoms. The first-order chi connectivity index (χ1) is 26.6. The van der Waals surface area contributed by atoms with Gasteiger partial charge in [-0.1, -0.05) is 18.7 Å². The van der Waals surface area contributed by atoms with Crippen LogP contribution in [0.3, 0.4) is 0 Å². The lowest BCUT2D eigenvalue weighted by molar-refractivity contribution is -0.123. The monoisotopic (exact) mass is 777 g/mol. The van der Waals surface area contributed by atoms with Crippen molar-refractivity contribution in [3.63, 3.8) is 0 Å². The molecule has 0 radical (unpaired) electrons. The van der Waals surface area contributed by atoms with Crippen LogP contribution in [0, 0.1) is 25.2 Å². The Kier molecular flexibility index (Phi) is 11.6. The first-order valence-electron chi connectivity index (χ1n) is 18.5. The van der Waals surface area contributed by atoms with Gasteiger partial charge in [-0.3, -0.25) is 14.6 Å². The molecule has 1 unspecified atom stereocenters. The molecule has 2 amide bonds. The number of benzene rings is 2. The zero-order chi connectivity index (χ0) is 40.6. The number of nitrogens with one attached hydrogen (secondary N) is 2. The van der Waals surface area contributed by atoms with Crippen molar-refractivity contribution in [2.45, 2.75) is 96.2 Å². The van der Waals surface area contributed by atoms with Crippen molar-refractivity contribution in [1.82, 2.24) is 20.4 Å². The highest BCUT2D eigenvalue weighted by molar-refractivity contribution is 5.85. The second kappa shape index (κ2) is 16.1. The van der Waals surface area contributed by atoms with E-state index in [9.17, 15) is 19.6 Å². The maximum Gasteiger partial charge on any atom is 0.514 e. The molecule has 6 atom stereocenters. The van der Waals surface area contributed by atoms with E-state index in [0.29, 0.717) is 46.1 Å². The van der Waals surface area contributed by atoms with Gasteiger partial charge in [0.15, 0.2) is 29.8 Å². The Labute approximate surface area is 326 Å². The van der Waals surface area contributed by atoms with E-state index in [0.717, 1.165) is 16.7 Å². The minimum Gasteiger partial charge on any atom is -0.493 e. The number of alkyl carbamates (subject to hydrolysis) is 1. The smallest absolute Gasteiger partial charge is 0.493 e. The Hall–Kier alpha value is -5.24. The largest absolute Gasteiger partial charge is 0.514 e. The van der Waals surface area contributed by atoms with E-state index < -0.39 is 47.9 Å². The molecule has 0 aliphatic carbocycles. The molecule has 0 aromatic heterocycles. The van der Waals surface area contributed by atoms with Gasteiger partial charge in [0.25, 0.3) is 0 Å². The van der Waals surface area contributed by atoms with E-state index >= 15 is 0 Å². The van der Waals surface area contributed by atoms with Crippen molar-refractivity contribution in [2.75, 3.05) is 48.0 Å². The predicted molar refractivity (Wildman–Crippen MR) is 201 cm³/mol. The van der Waals surface area contributed by atoms with Crippen LogP contribution in [0.25, 0.3) is 0 Å². The number of fused-ring (bicyclic) bond motifs is 9. The molecular weight excluding hydrogens is 726 g/mol. The predicted octanol–water partition coefficient (Wildman–Crippen LogP) is 4.53. The third-order valence-corrected chi connectivity index (χ3v) is 10.7. The highest BCUT2D eigenvalue weighted by Crippen LogP contribution is 2.58. The number of rotatable bonds is 11. The third-order valence-electron chi connectivity index (χ3n) is 10.7. The highest BCUT2D eigenvalue weighted by atomic mass is 16.7. The van der Waals surface area contributed by atoms with Gasteiger partial charge in [0.1, 0.15) is 30.0 Å². The van der Waals surface area contributed by atoms with Crippen LogP contribution >= 0.6 is 0 Å². The molecule has 16 heteroatoms. The van der Waals surface area contributed by atoms with Crippen LogP contribution in [0.2, 0.25) is 0 Å². The number of ether oxygens (including phenoxy) is 8. The Morgan fingerprint density at radius 2 is 1.82 bits per heavy atom. The molecule has 1 saturated heterocycles. The van der Waals surface area contributed by atoms with Crippen LogP contribution in [0.15, 0.2) is 18.7 Å². The van der Waals surface area contributed by atoms with Gasteiger partial charge in [-0.05, 0) is 72.6 Å². The molecule has 16 nitrogen and oxygen atoms in total. The fourth-order valence-corrected chi connectivity index (χ4v) is 8.54. The van der Waals surface area contributed by atoms with E-state index in [1.807, 2.05) is 14.0 Å². The fourth-order valence-electron chi connectivity index (χ4n) is 8.54. The number of amides is 2. The number of nitriles is 1. The second-order valence-electron chi connectivity index (χ2n) is 15.3. The number of hydrogen-bond acceptors (Lipinski definition) is 14. The molecule has 2 bridgehead atoms. The lowest BCUT2D eigenvalue weighted by atomic mass is 9.71. The SMILES string of the molecule is C=CCOC(=O)Oc1c(C)c2c(c3c1CC1[C@H]4c5c(cc(C)c(OC)c5OCOC)C[C@@H]([C@H](C#N)N1[C@H]3CNC(=O)[C@@H](C)NC(=O)OC(C)(C)C)N4C)OCO2.